The number of aliphatic hydroxyl groups excluding tert-OH is 7. The Bertz CT molecular complexity index is 1140. The van der Waals surface area contributed by atoms with Crippen LogP contribution in [0.3, 0.4) is 0 Å². The minimum Gasteiger partial charge on any atom is -0.394 e. The number of aliphatic hydroxyl groups is 7. The first-order valence-corrected chi connectivity index (χ1v) is 17.6. The zero-order valence-corrected chi connectivity index (χ0v) is 28.2. The van der Waals surface area contributed by atoms with Crippen LogP contribution in [0.25, 0.3) is 0 Å². The van der Waals surface area contributed by atoms with E-state index in [0.717, 1.165) is 56.9 Å². The Morgan fingerprint density at radius 3 is 2.29 bits per heavy atom. The second-order valence-electron chi connectivity index (χ2n) is 17.4. The second kappa shape index (κ2) is 11.5. The second-order valence-corrected chi connectivity index (χ2v) is 17.4. The molecule has 7 N–H and O–H groups in total. The molecule has 6 rings (SSSR count). The average Bonchev–Trinajstić information content (AvgIpc) is 3.57. The van der Waals surface area contributed by atoms with E-state index in [1.807, 2.05) is 6.92 Å². The van der Waals surface area contributed by atoms with Gasteiger partial charge in [-0.05, 0) is 115 Å². The number of fused-ring (bicyclic) bond motifs is 2. The number of allylic oxidation sites excluding steroid dienone is 1. The first-order valence-electron chi connectivity index (χ1n) is 17.6. The Hall–Kier alpha value is -0.620. The molecule has 0 aromatic rings. The van der Waals surface area contributed by atoms with Crippen molar-refractivity contribution in [3.63, 3.8) is 0 Å². The third kappa shape index (κ3) is 4.73. The summed E-state index contributed by atoms with van der Waals surface area (Å²) < 4.78 is 12.1. The molecule has 0 bridgehead atoms. The Morgan fingerprint density at radius 1 is 0.911 bits per heavy atom. The van der Waals surface area contributed by atoms with Crippen LogP contribution in [0.2, 0.25) is 0 Å². The van der Waals surface area contributed by atoms with Crippen molar-refractivity contribution in [2.75, 3.05) is 13.2 Å². The van der Waals surface area contributed by atoms with Gasteiger partial charge in [0.1, 0.15) is 24.4 Å². The van der Waals surface area contributed by atoms with Crippen LogP contribution >= 0.6 is 0 Å². The molecule has 0 radical (unpaired) electrons. The fourth-order valence-electron chi connectivity index (χ4n) is 12.9. The van der Waals surface area contributed by atoms with Gasteiger partial charge in [-0.25, -0.2) is 0 Å². The summed E-state index contributed by atoms with van der Waals surface area (Å²) in [5.41, 5.74) is 0.579. The van der Waals surface area contributed by atoms with Gasteiger partial charge in [0.15, 0.2) is 6.29 Å². The van der Waals surface area contributed by atoms with Crippen LogP contribution in [0, 0.1) is 50.7 Å². The van der Waals surface area contributed by atoms with Crippen LogP contribution in [-0.4, -0.2) is 98.0 Å². The molecule has 1 unspecified atom stereocenters. The van der Waals surface area contributed by atoms with E-state index in [0.29, 0.717) is 18.3 Å². The average molecular weight is 637 g/mol. The van der Waals surface area contributed by atoms with Gasteiger partial charge in [0.2, 0.25) is 0 Å². The van der Waals surface area contributed by atoms with E-state index in [2.05, 4.69) is 40.7 Å². The van der Waals surface area contributed by atoms with E-state index in [1.54, 1.807) is 0 Å². The minimum absolute atomic E-state index is 0.000313. The summed E-state index contributed by atoms with van der Waals surface area (Å²) in [5.74, 6) is 0.885. The molecule has 0 amide bonds. The van der Waals surface area contributed by atoms with Crippen LogP contribution in [0.4, 0.5) is 0 Å². The highest BCUT2D eigenvalue weighted by Gasteiger charge is 2.84. The van der Waals surface area contributed by atoms with Gasteiger partial charge in [-0.2, -0.15) is 0 Å². The van der Waals surface area contributed by atoms with Crippen molar-refractivity contribution in [1.29, 1.82) is 0 Å². The van der Waals surface area contributed by atoms with Crippen molar-refractivity contribution in [2.24, 2.45) is 50.7 Å². The molecule has 258 valence electrons. The maximum Gasteiger partial charge on any atom is 0.186 e. The molecule has 0 aromatic carbocycles. The Morgan fingerprint density at radius 2 is 1.62 bits per heavy atom. The van der Waals surface area contributed by atoms with Gasteiger partial charge in [0, 0.05) is 0 Å². The van der Waals surface area contributed by atoms with Crippen molar-refractivity contribution >= 4 is 0 Å². The van der Waals surface area contributed by atoms with E-state index in [9.17, 15) is 35.7 Å². The molecule has 2 spiro atoms. The fraction of sp³-hybridized carbons (Fsp3) is 0.944. The van der Waals surface area contributed by atoms with E-state index in [4.69, 9.17) is 9.47 Å². The Labute approximate surface area is 269 Å². The first-order chi connectivity index (χ1) is 21.0. The molecule has 0 aromatic heterocycles. The van der Waals surface area contributed by atoms with Crippen LogP contribution < -0.4 is 0 Å². The molecule has 6 fully saturated rings. The fourth-order valence-corrected chi connectivity index (χ4v) is 12.9. The van der Waals surface area contributed by atoms with Gasteiger partial charge in [-0.15, -0.1) is 0 Å². The van der Waals surface area contributed by atoms with Crippen LogP contribution in [-0.2, 0) is 9.47 Å². The quantitative estimate of drug-likeness (QED) is 0.157. The Kier molecular flexibility index (Phi) is 8.74. The summed E-state index contributed by atoms with van der Waals surface area (Å²) >= 11 is 0. The molecule has 5 aliphatic carbocycles. The molecule has 6 aliphatic rings. The maximum atomic E-state index is 12.1. The molecule has 16 atom stereocenters. The molecule has 9 nitrogen and oxygen atoms in total. The number of ether oxygens (including phenoxy) is 2. The predicted octanol–water partition coefficient (Wildman–Crippen LogP) is 2.91. The highest BCUT2D eigenvalue weighted by molar-refractivity contribution is 5.32. The van der Waals surface area contributed by atoms with Crippen molar-refractivity contribution in [3.05, 3.63) is 11.6 Å². The number of hydrogen-bond donors (Lipinski definition) is 7. The summed E-state index contributed by atoms with van der Waals surface area (Å²) in [6.07, 6.45) is 2.61. The summed E-state index contributed by atoms with van der Waals surface area (Å²) in [4.78, 5) is 0. The molecule has 9 heteroatoms. The molecule has 1 saturated heterocycles. The van der Waals surface area contributed by atoms with Crippen LogP contribution in [0.1, 0.15) is 99.3 Å². The third-order valence-corrected chi connectivity index (χ3v) is 15.2. The van der Waals surface area contributed by atoms with Crippen LogP contribution in [0.15, 0.2) is 11.6 Å². The van der Waals surface area contributed by atoms with Crippen molar-refractivity contribution < 1.29 is 45.2 Å². The van der Waals surface area contributed by atoms with Gasteiger partial charge in [-0.1, -0.05) is 46.3 Å². The summed E-state index contributed by atoms with van der Waals surface area (Å²) in [6.45, 7) is 13.0. The van der Waals surface area contributed by atoms with E-state index in [-0.39, 0.29) is 52.3 Å². The molecule has 1 heterocycles. The number of rotatable bonds is 8. The standard InChI is InChI=1S/C36H60O9/c1-19(16-37)8-7-9-20(2)26-22(40)15-34(6)24-14-21(39)30-32(3,4)25(45-31-29(43)28(42)27(41)23(17-38)44-31)10-11-36(30)18-35(24,36)13-12-33(26,34)5/h8,20-31,37-43H,7,9-18H2,1-6H3/b19-8+/t20-,21+,22+,23-,24+,25+,26+,27-,28+,29-,30?,31+,33-,34+,35+,36-/m1/s1. The maximum absolute atomic E-state index is 12.1. The third-order valence-electron chi connectivity index (χ3n) is 15.2. The van der Waals surface area contributed by atoms with Gasteiger partial charge < -0.3 is 45.2 Å². The van der Waals surface area contributed by atoms with Crippen molar-refractivity contribution in [1.82, 2.24) is 0 Å². The van der Waals surface area contributed by atoms with Crippen LogP contribution in [0.5, 0.6) is 0 Å². The predicted molar refractivity (Wildman–Crippen MR) is 168 cm³/mol. The zero-order valence-electron chi connectivity index (χ0n) is 28.2. The van der Waals surface area contributed by atoms with Crippen molar-refractivity contribution in [2.45, 2.75) is 148 Å². The SMILES string of the molecule is C/C(=C\CC[C@@H](C)[C@H]1[C@@H](O)C[C@@]2(C)[C@@H]3C[C@H](O)C4C(C)(C)[C@@H](O[C@@H]5O[C@H](CO)[C@@H](O)[C@H](O)[C@H]5O)CC[C@@]45C[C@@]35CC[C@]12C)CO. The minimum atomic E-state index is -1.49. The van der Waals surface area contributed by atoms with Crippen molar-refractivity contribution in [3.8, 4) is 0 Å². The normalized spacial score (nSPS) is 54.4. The van der Waals surface area contributed by atoms with E-state index >= 15 is 0 Å². The van der Waals surface area contributed by atoms with Gasteiger partial charge in [0.25, 0.3) is 0 Å². The lowest BCUT2D eigenvalue weighted by molar-refractivity contribution is -0.329. The Balaban J connectivity index is 1.23. The monoisotopic (exact) mass is 636 g/mol. The lowest BCUT2D eigenvalue weighted by Gasteiger charge is -2.64. The molecular weight excluding hydrogens is 576 g/mol. The van der Waals surface area contributed by atoms with Gasteiger partial charge >= 0.3 is 0 Å². The summed E-state index contributed by atoms with van der Waals surface area (Å²) in [5, 5.41) is 74.2. The lowest BCUT2D eigenvalue weighted by atomic mass is 9.41. The van der Waals surface area contributed by atoms with E-state index < -0.39 is 48.8 Å². The molecule has 45 heavy (non-hydrogen) atoms. The first kappa shape index (κ1) is 34.3. The zero-order chi connectivity index (χ0) is 32.9. The number of hydrogen-bond acceptors (Lipinski definition) is 9. The molecule has 1 aliphatic heterocycles. The highest BCUT2D eigenvalue weighted by atomic mass is 16.7. The highest BCUT2D eigenvalue weighted by Crippen LogP contribution is 2.89. The van der Waals surface area contributed by atoms with Gasteiger partial charge in [0.05, 0.1) is 31.5 Å². The summed E-state index contributed by atoms with van der Waals surface area (Å²) in [7, 11) is 0. The van der Waals surface area contributed by atoms with E-state index in [1.165, 1.54) is 0 Å². The largest absolute Gasteiger partial charge is 0.394 e. The van der Waals surface area contributed by atoms with Gasteiger partial charge in [-0.3, -0.25) is 0 Å². The smallest absolute Gasteiger partial charge is 0.186 e. The summed E-state index contributed by atoms with van der Waals surface area (Å²) in [6, 6.07) is 0. The molecule has 5 saturated carbocycles. The topological polar surface area (TPSA) is 160 Å². The molecular formula is C36H60O9. The lowest BCUT2D eigenvalue weighted by Crippen LogP contribution is -2.63.